The molecule has 1 aromatic heterocycles. The molecule has 0 saturated heterocycles. The summed E-state index contributed by atoms with van der Waals surface area (Å²) in [5.41, 5.74) is 1.08. The first kappa shape index (κ1) is 9.46. The van der Waals surface area contributed by atoms with Crippen molar-refractivity contribution in [3.05, 3.63) is 54.2 Å². The summed E-state index contributed by atoms with van der Waals surface area (Å²) in [7, 11) is 0. The third-order valence-corrected chi connectivity index (χ3v) is 1.82. The minimum atomic E-state index is 0.970. The van der Waals surface area contributed by atoms with Crippen molar-refractivity contribution in [2.24, 2.45) is 0 Å². The average Bonchev–Trinajstić information content (AvgIpc) is 2.18. The maximum atomic E-state index is 4.28. The van der Waals surface area contributed by atoms with Gasteiger partial charge in [-0.05, 0) is 18.6 Å². The molecule has 1 nitrogen and oxygen atoms in total. The number of aromatic nitrogens is 1. The van der Waals surface area contributed by atoms with Gasteiger partial charge in [-0.1, -0.05) is 37.5 Å². The van der Waals surface area contributed by atoms with Gasteiger partial charge in [-0.3, -0.25) is 4.98 Å². The Morgan fingerprint density at radius 3 is 2.85 bits per heavy atom. The van der Waals surface area contributed by atoms with Crippen molar-refractivity contribution in [3.63, 3.8) is 0 Å². The lowest BCUT2D eigenvalue weighted by atomic mass is 10.2. The third kappa shape index (κ3) is 2.15. The maximum Gasteiger partial charge on any atom is 0.0730 e. The second-order valence-corrected chi connectivity index (χ2v) is 2.73. The fourth-order valence-corrected chi connectivity index (χ4v) is 1.11. The van der Waals surface area contributed by atoms with Crippen LogP contribution >= 0.6 is 0 Å². The summed E-state index contributed by atoms with van der Waals surface area (Å²) in [6.45, 7) is 9.38. The normalized spacial score (nSPS) is 13.8. The van der Waals surface area contributed by atoms with Crippen LogP contribution in [0.5, 0.6) is 0 Å². The summed E-state index contributed by atoms with van der Waals surface area (Å²) in [5, 5.41) is 2.05. The van der Waals surface area contributed by atoms with Crippen molar-refractivity contribution in [1.82, 2.24) is 4.98 Å². The van der Waals surface area contributed by atoms with E-state index >= 15 is 0 Å². The molecular weight excluding hydrogens is 158 g/mol. The molecule has 1 aromatic rings. The van der Waals surface area contributed by atoms with Gasteiger partial charge in [0.25, 0.3) is 0 Å². The minimum Gasteiger partial charge on any atom is -0.256 e. The number of nitrogens with zero attached hydrogens (tertiary/aromatic N) is 1. The molecule has 0 unspecified atom stereocenters. The molecule has 0 N–H and O–H groups in total. The van der Waals surface area contributed by atoms with E-state index in [0.29, 0.717) is 0 Å². The van der Waals surface area contributed by atoms with E-state index in [0.717, 1.165) is 16.1 Å². The summed E-state index contributed by atoms with van der Waals surface area (Å²) < 4.78 is 0. The summed E-state index contributed by atoms with van der Waals surface area (Å²) in [4.78, 5) is 4.28. The van der Waals surface area contributed by atoms with Crippen molar-refractivity contribution in [1.29, 1.82) is 0 Å². The highest BCUT2D eigenvalue weighted by Gasteiger charge is 1.87. The Kier molecular flexibility index (Phi) is 3.21. The van der Waals surface area contributed by atoms with Crippen molar-refractivity contribution in [3.8, 4) is 0 Å². The highest BCUT2D eigenvalue weighted by atomic mass is 14.6. The van der Waals surface area contributed by atoms with Gasteiger partial charge in [0, 0.05) is 11.4 Å². The monoisotopic (exact) mass is 171 g/mol. The number of pyridine rings is 1. The summed E-state index contributed by atoms with van der Waals surface area (Å²) in [5.74, 6) is 0. The second kappa shape index (κ2) is 4.41. The Morgan fingerprint density at radius 1 is 1.46 bits per heavy atom. The molecule has 1 heterocycles. The number of rotatable bonds is 2. The van der Waals surface area contributed by atoms with E-state index in [9.17, 15) is 0 Å². The van der Waals surface area contributed by atoms with Gasteiger partial charge < -0.3 is 0 Å². The van der Waals surface area contributed by atoms with Crippen LogP contribution in [0.15, 0.2) is 43.6 Å². The summed E-state index contributed by atoms with van der Waals surface area (Å²) >= 11 is 0. The van der Waals surface area contributed by atoms with Gasteiger partial charge in [0.1, 0.15) is 0 Å². The van der Waals surface area contributed by atoms with Gasteiger partial charge in [0.2, 0.25) is 0 Å². The van der Waals surface area contributed by atoms with Crippen molar-refractivity contribution in [2.75, 3.05) is 0 Å². The van der Waals surface area contributed by atoms with Crippen LogP contribution in [0.1, 0.15) is 6.92 Å². The molecule has 0 spiro atoms. The summed E-state index contributed by atoms with van der Waals surface area (Å²) in [6, 6.07) is 3.92. The molecule has 13 heavy (non-hydrogen) atoms. The largest absolute Gasteiger partial charge is 0.256 e. The molecule has 0 saturated carbocycles. The Bertz CT molecular complexity index is 427. The number of allylic oxidation sites excluding steroid dienone is 2. The predicted octanol–water partition coefficient (Wildman–Crippen LogP) is 1.40. The van der Waals surface area contributed by atoms with Gasteiger partial charge in [0.15, 0.2) is 0 Å². The Hall–Kier alpha value is -1.63. The molecular formula is C12H13N. The molecule has 0 amide bonds. The van der Waals surface area contributed by atoms with E-state index in [4.69, 9.17) is 0 Å². The van der Waals surface area contributed by atoms with Crippen LogP contribution in [0.4, 0.5) is 0 Å². The predicted molar refractivity (Wildman–Crippen MR) is 57.4 cm³/mol. The van der Waals surface area contributed by atoms with Crippen LogP contribution in [0.3, 0.4) is 0 Å². The van der Waals surface area contributed by atoms with Crippen LogP contribution in [0.2, 0.25) is 0 Å². The minimum absolute atomic E-state index is 0.970. The van der Waals surface area contributed by atoms with Crippen molar-refractivity contribution >= 4 is 11.6 Å². The van der Waals surface area contributed by atoms with Gasteiger partial charge >= 0.3 is 0 Å². The highest BCUT2D eigenvalue weighted by molar-refractivity contribution is 5.52. The van der Waals surface area contributed by atoms with Gasteiger partial charge in [-0.2, -0.15) is 0 Å². The standard InChI is InChI=1S/C12H13N/c1-4-7-11-8-6-9-13-12(11)10(3)5-2/h4-9H,1-2H2,3H3/b11-7-,12-10+. The molecule has 0 aromatic carbocycles. The zero-order valence-corrected chi connectivity index (χ0v) is 7.83. The van der Waals surface area contributed by atoms with E-state index in [1.807, 2.05) is 31.2 Å². The topological polar surface area (TPSA) is 12.9 Å². The Labute approximate surface area is 78.4 Å². The third-order valence-electron chi connectivity index (χ3n) is 1.82. The molecule has 0 bridgehead atoms. The Morgan fingerprint density at radius 2 is 2.23 bits per heavy atom. The smallest absolute Gasteiger partial charge is 0.0730 e. The maximum absolute atomic E-state index is 4.28. The zero-order valence-electron chi connectivity index (χ0n) is 7.83. The first-order chi connectivity index (χ1) is 6.29. The molecule has 0 radical (unpaired) electrons. The lowest BCUT2D eigenvalue weighted by Crippen LogP contribution is -2.28. The quantitative estimate of drug-likeness (QED) is 0.655. The van der Waals surface area contributed by atoms with E-state index in [2.05, 4.69) is 18.1 Å². The number of hydrogen-bond acceptors (Lipinski definition) is 1. The molecule has 66 valence electrons. The van der Waals surface area contributed by atoms with E-state index in [1.54, 1.807) is 12.3 Å². The van der Waals surface area contributed by atoms with E-state index in [1.165, 1.54) is 0 Å². The lowest BCUT2D eigenvalue weighted by molar-refractivity contribution is 1.20. The number of hydrogen-bond donors (Lipinski definition) is 0. The molecule has 0 fully saturated rings. The molecule has 0 aliphatic heterocycles. The first-order valence-corrected chi connectivity index (χ1v) is 4.16. The van der Waals surface area contributed by atoms with E-state index < -0.39 is 0 Å². The van der Waals surface area contributed by atoms with Crippen LogP contribution in [-0.4, -0.2) is 4.98 Å². The van der Waals surface area contributed by atoms with Crippen LogP contribution in [0, 0.1) is 0 Å². The van der Waals surface area contributed by atoms with Crippen LogP contribution in [0.25, 0.3) is 11.6 Å². The molecule has 0 aliphatic carbocycles. The van der Waals surface area contributed by atoms with Crippen molar-refractivity contribution < 1.29 is 0 Å². The second-order valence-electron chi connectivity index (χ2n) is 2.73. The SMILES string of the molecule is C=C/C=c1/cccn/c1=C(\C)C=C. The van der Waals surface area contributed by atoms with E-state index in [-0.39, 0.29) is 0 Å². The average molecular weight is 171 g/mol. The van der Waals surface area contributed by atoms with Crippen molar-refractivity contribution in [2.45, 2.75) is 6.92 Å². The van der Waals surface area contributed by atoms with Gasteiger partial charge in [-0.15, -0.1) is 0 Å². The summed E-state index contributed by atoms with van der Waals surface area (Å²) in [6.07, 6.45) is 7.29. The van der Waals surface area contributed by atoms with Crippen LogP contribution < -0.4 is 10.6 Å². The lowest BCUT2D eigenvalue weighted by Gasteiger charge is -1.92. The molecule has 0 atom stereocenters. The molecule has 0 aliphatic rings. The van der Waals surface area contributed by atoms with Gasteiger partial charge in [-0.25, -0.2) is 0 Å². The highest BCUT2D eigenvalue weighted by Crippen LogP contribution is 1.86. The molecule has 1 rings (SSSR count). The fourth-order valence-electron chi connectivity index (χ4n) is 1.11. The molecule has 1 heteroatoms. The Balaban J connectivity index is 3.64. The zero-order chi connectivity index (χ0) is 9.68. The van der Waals surface area contributed by atoms with Crippen LogP contribution in [-0.2, 0) is 0 Å². The van der Waals surface area contributed by atoms with Gasteiger partial charge in [0.05, 0.1) is 5.35 Å². The first-order valence-electron chi connectivity index (χ1n) is 4.16. The fraction of sp³-hybridized carbons (Fsp3) is 0.0833.